The Morgan fingerprint density at radius 1 is 1.20 bits per heavy atom. The molecular formula is C16H32N2OS. The molecule has 2 aliphatic rings. The van der Waals surface area contributed by atoms with Crippen molar-refractivity contribution in [3.05, 3.63) is 0 Å². The molecule has 3 N–H and O–H groups in total. The van der Waals surface area contributed by atoms with E-state index in [2.05, 4.69) is 44.9 Å². The Bertz CT molecular complexity index is 314. The van der Waals surface area contributed by atoms with Gasteiger partial charge in [0.2, 0.25) is 0 Å². The normalized spacial score (nSPS) is 31.4. The standard InChI is InChI=1S/C16H32N2OS/c1-15(2)10-13(16(3,4)19-15)14(18-17)11-20-12-8-6-5-7-9-12/h12-14,18H,5-11,17H2,1-4H3. The SMILES string of the molecule is CC1(C)CC(C(CSC2CCCCC2)NN)C(C)(C)O1. The minimum absolute atomic E-state index is 0.0290. The third-order valence-corrected chi connectivity index (χ3v) is 6.40. The van der Waals surface area contributed by atoms with Crippen LogP contribution in [0.25, 0.3) is 0 Å². The highest BCUT2D eigenvalue weighted by Crippen LogP contribution is 2.44. The fourth-order valence-corrected chi connectivity index (χ4v) is 5.46. The molecule has 1 aliphatic carbocycles. The second kappa shape index (κ2) is 6.55. The Morgan fingerprint density at radius 3 is 2.35 bits per heavy atom. The van der Waals surface area contributed by atoms with Gasteiger partial charge in [-0.1, -0.05) is 19.3 Å². The number of ether oxygens (including phenoxy) is 1. The molecule has 0 aromatic carbocycles. The lowest BCUT2D eigenvalue weighted by Crippen LogP contribution is -2.49. The van der Waals surface area contributed by atoms with Crippen LogP contribution in [-0.2, 0) is 4.74 Å². The lowest BCUT2D eigenvalue weighted by atomic mass is 9.82. The van der Waals surface area contributed by atoms with Gasteiger partial charge in [-0.15, -0.1) is 0 Å². The molecule has 118 valence electrons. The first-order valence-corrected chi connectivity index (χ1v) is 9.17. The average Bonchev–Trinajstić information content (AvgIpc) is 2.60. The van der Waals surface area contributed by atoms with E-state index < -0.39 is 0 Å². The van der Waals surface area contributed by atoms with Crippen LogP contribution in [0.3, 0.4) is 0 Å². The Morgan fingerprint density at radius 2 is 1.85 bits per heavy atom. The molecule has 0 radical (unpaired) electrons. The monoisotopic (exact) mass is 300 g/mol. The number of nitrogens with two attached hydrogens (primary N) is 1. The van der Waals surface area contributed by atoms with Crippen molar-refractivity contribution in [2.75, 3.05) is 5.75 Å². The highest BCUT2D eigenvalue weighted by atomic mass is 32.2. The first-order chi connectivity index (χ1) is 9.34. The van der Waals surface area contributed by atoms with Crippen LogP contribution in [0.4, 0.5) is 0 Å². The molecule has 0 bridgehead atoms. The van der Waals surface area contributed by atoms with Crippen LogP contribution in [0.5, 0.6) is 0 Å². The zero-order valence-corrected chi connectivity index (χ0v) is 14.4. The molecule has 2 rings (SSSR count). The van der Waals surface area contributed by atoms with Crippen molar-refractivity contribution in [2.24, 2.45) is 11.8 Å². The van der Waals surface area contributed by atoms with Gasteiger partial charge in [0.05, 0.1) is 11.2 Å². The Labute approximate surface area is 128 Å². The minimum atomic E-state index is -0.0896. The van der Waals surface area contributed by atoms with Gasteiger partial charge in [-0.2, -0.15) is 11.8 Å². The number of hydrogen-bond donors (Lipinski definition) is 2. The predicted octanol–water partition coefficient (Wildman–Crippen LogP) is 3.48. The van der Waals surface area contributed by atoms with Crippen LogP contribution in [0.2, 0.25) is 0 Å². The van der Waals surface area contributed by atoms with Gasteiger partial charge in [0.15, 0.2) is 0 Å². The van der Waals surface area contributed by atoms with Gasteiger partial charge in [-0.25, -0.2) is 0 Å². The van der Waals surface area contributed by atoms with Crippen LogP contribution in [0.1, 0.15) is 66.2 Å². The van der Waals surface area contributed by atoms with Crippen LogP contribution < -0.4 is 11.3 Å². The van der Waals surface area contributed by atoms with Gasteiger partial charge in [0.25, 0.3) is 0 Å². The average molecular weight is 301 g/mol. The summed E-state index contributed by atoms with van der Waals surface area (Å²) in [5.41, 5.74) is 2.96. The molecule has 1 aliphatic heterocycles. The van der Waals surface area contributed by atoms with Gasteiger partial charge in [-0.3, -0.25) is 11.3 Å². The summed E-state index contributed by atoms with van der Waals surface area (Å²) in [6.07, 6.45) is 8.09. The van der Waals surface area contributed by atoms with Gasteiger partial charge >= 0.3 is 0 Å². The van der Waals surface area contributed by atoms with Crippen molar-refractivity contribution >= 4 is 11.8 Å². The number of nitrogens with one attached hydrogen (secondary N) is 1. The molecular weight excluding hydrogens is 268 g/mol. The van der Waals surface area contributed by atoms with E-state index >= 15 is 0 Å². The summed E-state index contributed by atoms with van der Waals surface area (Å²) in [6, 6.07) is 0.346. The first kappa shape index (κ1) is 16.6. The fraction of sp³-hybridized carbons (Fsp3) is 1.00. The highest BCUT2D eigenvalue weighted by Gasteiger charge is 2.48. The fourth-order valence-electron chi connectivity index (χ4n) is 3.98. The minimum Gasteiger partial charge on any atom is -0.369 e. The van der Waals surface area contributed by atoms with E-state index in [4.69, 9.17) is 10.6 Å². The molecule has 2 fully saturated rings. The molecule has 3 nitrogen and oxygen atoms in total. The van der Waals surface area contributed by atoms with Crippen molar-refractivity contribution in [1.82, 2.24) is 5.43 Å². The lowest BCUT2D eigenvalue weighted by molar-refractivity contribution is -0.0769. The van der Waals surface area contributed by atoms with Gasteiger partial charge < -0.3 is 4.74 Å². The van der Waals surface area contributed by atoms with E-state index in [0.717, 1.165) is 17.4 Å². The molecule has 1 heterocycles. The molecule has 1 saturated carbocycles. The maximum Gasteiger partial charge on any atom is 0.0678 e. The van der Waals surface area contributed by atoms with Gasteiger partial charge in [0.1, 0.15) is 0 Å². The van der Waals surface area contributed by atoms with Crippen molar-refractivity contribution in [1.29, 1.82) is 0 Å². The number of hydrazine groups is 1. The number of hydrogen-bond acceptors (Lipinski definition) is 4. The van der Waals surface area contributed by atoms with E-state index in [1.807, 2.05) is 0 Å². The molecule has 1 saturated heterocycles. The quantitative estimate of drug-likeness (QED) is 0.603. The number of rotatable bonds is 5. The van der Waals surface area contributed by atoms with Gasteiger partial charge in [-0.05, 0) is 47.0 Å². The van der Waals surface area contributed by atoms with Crippen molar-refractivity contribution in [3.63, 3.8) is 0 Å². The van der Waals surface area contributed by atoms with Crippen molar-refractivity contribution in [3.8, 4) is 0 Å². The largest absolute Gasteiger partial charge is 0.369 e. The maximum atomic E-state index is 6.22. The molecule has 2 unspecified atom stereocenters. The van der Waals surface area contributed by atoms with Gasteiger partial charge in [0, 0.05) is 23.0 Å². The Kier molecular flexibility index (Phi) is 5.44. The third-order valence-electron chi connectivity index (χ3n) is 4.91. The molecule has 2 atom stereocenters. The van der Waals surface area contributed by atoms with E-state index in [0.29, 0.717) is 12.0 Å². The summed E-state index contributed by atoms with van der Waals surface area (Å²) in [4.78, 5) is 0. The summed E-state index contributed by atoms with van der Waals surface area (Å²) in [6.45, 7) is 8.80. The molecule has 0 spiro atoms. The summed E-state index contributed by atoms with van der Waals surface area (Å²) in [5.74, 6) is 7.45. The Balaban J connectivity index is 1.90. The lowest BCUT2D eigenvalue weighted by Gasteiger charge is -2.33. The smallest absolute Gasteiger partial charge is 0.0678 e. The number of thioether (sulfide) groups is 1. The second-order valence-corrected chi connectivity index (χ2v) is 8.98. The van der Waals surface area contributed by atoms with Crippen LogP contribution in [-0.4, -0.2) is 28.2 Å². The molecule has 4 heteroatoms. The summed E-state index contributed by atoms with van der Waals surface area (Å²) in [5, 5.41) is 0.845. The predicted molar refractivity (Wildman–Crippen MR) is 87.8 cm³/mol. The van der Waals surface area contributed by atoms with Crippen molar-refractivity contribution < 1.29 is 4.74 Å². The molecule has 20 heavy (non-hydrogen) atoms. The first-order valence-electron chi connectivity index (χ1n) is 8.12. The van der Waals surface area contributed by atoms with Crippen molar-refractivity contribution in [2.45, 2.75) is 88.7 Å². The summed E-state index contributed by atoms with van der Waals surface area (Å²) < 4.78 is 6.22. The topological polar surface area (TPSA) is 47.3 Å². The Hall–Kier alpha value is 0.230. The van der Waals surface area contributed by atoms with E-state index in [-0.39, 0.29) is 11.2 Å². The van der Waals surface area contributed by atoms with E-state index in [1.165, 1.54) is 32.1 Å². The second-order valence-electron chi connectivity index (χ2n) is 7.64. The van der Waals surface area contributed by atoms with Crippen LogP contribution >= 0.6 is 11.8 Å². The molecule has 0 aromatic heterocycles. The third kappa shape index (κ3) is 4.12. The molecule has 0 aromatic rings. The van der Waals surface area contributed by atoms with E-state index in [9.17, 15) is 0 Å². The molecule has 0 amide bonds. The van der Waals surface area contributed by atoms with Crippen LogP contribution in [0.15, 0.2) is 0 Å². The van der Waals surface area contributed by atoms with Crippen LogP contribution in [0, 0.1) is 5.92 Å². The zero-order valence-electron chi connectivity index (χ0n) is 13.6. The maximum absolute atomic E-state index is 6.22. The summed E-state index contributed by atoms with van der Waals surface area (Å²) in [7, 11) is 0. The van der Waals surface area contributed by atoms with E-state index in [1.54, 1.807) is 0 Å². The zero-order chi connectivity index (χ0) is 14.8. The summed E-state index contributed by atoms with van der Waals surface area (Å²) >= 11 is 2.12. The highest BCUT2D eigenvalue weighted by molar-refractivity contribution is 7.99.